The van der Waals surface area contributed by atoms with Gasteiger partial charge in [-0.2, -0.15) is 0 Å². The van der Waals surface area contributed by atoms with E-state index in [4.69, 9.17) is 4.74 Å². The molecule has 130 valence electrons. The Morgan fingerprint density at radius 1 is 0.760 bits per heavy atom. The lowest BCUT2D eigenvalue weighted by molar-refractivity contribution is 0.303. The standard InChI is InChI=1S/C22H22O.C2H6/c1-3-19-10-4-5-13-22(19)23-16-18-9-7-12-21(15-18)20-11-6-8-17(2)14-20;1-2/h4-15H,3,16H2,1-2H3;1-2H3. The first-order valence-corrected chi connectivity index (χ1v) is 9.13. The Labute approximate surface area is 152 Å². The highest BCUT2D eigenvalue weighted by molar-refractivity contribution is 5.64. The minimum absolute atomic E-state index is 0.594. The monoisotopic (exact) mass is 332 g/mol. The van der Waals surface area contributed by atoms with Crippen LogP contribution in [0, 0.1) is 6.92 Å². The van der Waals surface area contributed by atoms with E-state index in [9.17, 15) is 0 Å². The maximum Gasteiger partial charge on any atom is 0.122 e. The van der Waals surface area contributed by atoms with Gasteiger partial charge < -0.3 is 4.74 Å². The lowest BCUT2D eigenvalue weighted by atomic mass is 10.0. The van der Waals surface area contributed by atoms with E-state index in [-0.39, 0.29) is 0 Å². The van der Waals surface area contributed by atoms with Crippen LogP contribution in [0.1, 0.15) is 37.5 Å². The van der Waals surface area contributed by atoms with Gasteiger partial charge in [0.1, 0.15) is 12.4 Å². The predicted molar refractivity (Wildman–Crippen MR) is 108 cm³/mol. The van der Waals surface area contributed by atoms with Gasteiger partial charge in [0.05, 0.1) is 0 Å². The van der Waals surface area contributed by atoms with Crippen LogP contribution >= 0.6 is 0 Å². The summed E-state index contributed by atoms with van der Waals surface area (Å²) in [5.74, 6) is 0.982. The van der Waals surface area contributed by atoms with Crippen molar-refractivity contribution in [1.29, 1.82) is 0 Å². The Hall–Kier alpha value is -2.54. The van der Waals surface area contributed by atoms with E-state index in [1.165, 1.54) is 27.8 Å². The van der Waals surface area contributed by atoms with Crippen LogP contribution in [0.2, 0.25) is 0 Å². The zero-order chi connectivity index (χ0) is 18.1. The molecule has 0 unspecified atom stereocenters. The van der Waals surface area contributed by atoms with E-state index in [0.717, 1.165) is 12.2 Å². The zero-order valence-electron chi connectivity index (χ0n) is 15.8. The summed E-state index contributed by atoms with van der Waals surface area (Å²) >= 11 is 0. The number of benzene rings is 3. The highest BCUT2D eigenvalue weighted by Gasteiger charge is 2.03. The molecule has 0 aliphatic rings. The number of hydrogen-bond donors (Lipinski definition) is 0. The highest BCUT2D eigenvalue weighted by Crippen LogP contribution is 2.23. The van der Waals surface area contributed by atoms with Crippen molar-refractivity contribution in [3.8, 4) is 16.9 Å². The van der Waals surface area contributed by atoms with Crippen molar-refractivity contribution in [1.82, 2.24) is 0 Å². The van der Waals surface area contributed by atoms with Gasteiger partial charge in [0.2, 0.25) is 0 Å². The molecular weight excluding hydrogens is 304 g/mol. The molecule has 0 atom stereocenters. The maximum absolute atomic E-state index is 6.03. The van der Waals surface area contributed by atoms with Crippen LogP contribution in [-0.4, -0.2) is 0 Å². The average molecular weight is 332 g/mol. The summed E-state index contributed by atoms with van der Waals surface area (Å²) in [5.41, 5.74) is 6.21. The lowest BCUT2D eigenvalue weighted by Gasteiger charge is -2.11. The molecule has 0 aliphatic heterocycles. The van der Waals surface area contributed by atoms with Crippen LogP contribution in [-0.2, 0) is 13.0 Å². The number of ether oxygens (including phenoxy) is 1. The van der Waals surface area contributed by atoms with Crippen LogP contribution in [0.15, 0.2) is 72.8 Å². The van der Waals surface area contributed by atoms with Gasteiger partial charge in [-0.05, 0) is 47.7 Å². The van der Waals surface area contributed by atoms with Gasteiger partial charge in [0.15, 0.2) is 0 Å². The van der Waals surface area contributed by atoms with Crippen molar-refractivity contribution in [2.75, 3.05) is 0 Å². The molecule has 3 aromatic rings. The fourth-order valence-corrected chi connectivity index (χ4v) is 2.76. The third kappa shape index (κ3) is 5.22. The SMILES string of the molecule is CC.CCc1ccccc1OCc1cccc(-c2cccc(C)c2)c1. The van der Waals surface area contributed by atoms with Crippen molar-refractivity contribution in [3.63, 3.8) is 0 Å². The lowest BCUT2D eigenvalue weighted by Crippen LogP contribution is -1.98. The number of para-hydroxylation sites is 1. The molecule has 3 aromatic carbocycles. The molecule has 25 heavy (non-hydrogen) atoms. The molecule has 0 bridgehead atoms. The van der Waals surface area contributed by atoms with Crippen molar-refractivity contribution >= 4 is 0 Å². The smallest absolute Gasteiger partial charge is 0.122 e. The van der Waals surface area contributed by atoms with Crippen LogP contribution in [0.3, 0.4) is 0 Å². The third-order valence-electron chi connectivity index (χ3n) is 4.03. The average Bonchev–Trinajstić information content (AvgIpc) is 2.68. The first-order valence-electron chi connectivity index (χ1n) is 9.13. The Morgan fingerprint density at radius 2 is 1.44 bits per heavy atom. The largest absolute Gasteiger partial charge is 0.489 e. The second-order valence-corrected chi connectivity index (χ2v) is 5.82. The molecule has 0 N–H and O–H groups in total. The first-order chi connectivity index (χ1) is 12.3. The van der Waals surface area contributed by atoms with Crippen LogP contribution < -0.4 is 4.74 Å². The fourth-order valence-electron chi connectivity index (χ4n) is 2.76. The molecule has 0 fully saturated rings. The van der Waals surface area contributed by atoms with Gasteiger partial charge in [-0.1, -0.05) is 87.0 Å². The quantitative estimate of drug-likeness (QED) is 0.497. The van der Waals surface area contributed by atoms with Gasteiger partial charge in [-0.25, -0.2) is 0 Å². The van der Waals surface area contributed by atoms with Crippen LogP contribution in [0.4, 0.5) is 0 Å². The Kier molecular flexibility index (Phi) is 7.28. The topological polar surface area (TPSA) is 9.23 Å². The van der Waals surface area contributed by atoms with Gasteiger partial charge >= 0.3 is 0 Å². The van der Waals surface area contributed by atoms with Crippen molar-refractivity contribution < 1.29 is 4.74 Å². The molecule has 0 saturated carbocycles. The molecule has 0 heterocycles. The number of hydrogen-bond acceptors (Lipinski definition) is 1. The number of aryl methyl sites for hydroxylation is 2. The zero-order valence-corrected chi connectivity index (χ0v) is 15.8. The summed E-state index contributed by atoms with van der Waals surface area (Å²) in [6, 6.07) is 25.4. The van der Waals surface area contributed by atoms with E-state index < -0.39 is 0 Å². The van der Waals surface area contributed by atoms with E-state index in [2.05, 4.69) is 74.5 Å². The summed E-state index contributed by atoms with van der Waals surface area (Å²) in [6.07, 6.45) is 0.986. The summed E-state index contributed by atoms with van der Waals surface area (Å²) < 4.78 is 6.03. The van der Waals surface area contributed by atoms with Crippen LogP contribution in [0.5, 0.6) is 5.75 Å². The Balaban J connectivity index is 0.00000109. The molecule has 0 amide bonds. The molecule has 0 aromatic heterocycles. The fraction of sp³-hybridized carbons (Fsp3) is 0.250. The van der Waals surface area contributed by atoms with Crippen molar-refractivity contribution in [2.45, 2.75) is 40.7 Å². The molecule has 3 rings (SSSR count). The highest BCUT2D eigenvalue weighted by atomic mass is 16.5. The summed E-state index contributed by atoms with van der Waals surface area (Å²) in [4.78, 5) is 0. The van der Waals surface area contributed by atoms with E-state index in [1.807, 2.05) is 26.0 Å². The summed E-state index contributed by atoms with van der Waals surface area (Å²) in [6.45, 7) is 8.87. The minimum atomic E-state index is 0.594. The van der Waals surface area contributed by atoms with Crippen molar-refractivity contribution in [2.24, 2.45) is 0 Å². The Bertz CT molecular complexity index is 789. The van der Waals surface area contributed by atoms with Crippen LogP contribution in [0.25, 0.3) is 11.1 Å². The van der Waals surface area contributed by atoms with E-state index in [1.54, 1.807) is 0 Å². The van der Waals surface area contributed by atoms with Crippen molar-refractivity contribution in [3.05, 3.63) is 89.5 Å². The minimum Gasteiger partial charge on any atom is -0.489 e. The van der Waals surface area contributed by atoms with Gasteiger partial charge in [-0.15, -0.1) is 0 Å². The number of rotatable bonds is 5. The molecule has 0 saturated heterocycles. The molecule has 1 heteroatoms. The molecule has 0 radical (unpaired) electrons. The predicted octanol–water partition coefficient (Wildman–Crippen LogP) is 6.83. The molecule has 0 aliphatic carbocycles. The first kappa shape index (κ1) is 18.8. The third-order valence-corrected chi connectivity index (χ3v) is 4.03. The van der Waals surface area contributed by atoms with Gasteiger partial charge in [0.25, 0.3) is 0 Å². The normalized spacial score (nSPS) is 9.92. The van der Waals surface area contributed by atoms with E-state index >= 15 is 0 Å². The second-order valence-electron chi connectivity index (χ2n) is 5.82. The molecule has 0 spiro atoms. The van der Waals surface area contributed by atoms with Gasteiger partial charge in [-0.3, -0.25) is 0 Å². The van der Waals surface area contributed by atoms with Gasteiger partial charge in [0, 0.05) is 0 Å². The maximum atomic E-state index is 6.03. The Morgan fingerprint density at radius 3 is 2.16 bits per heavy atom. The van der Waals surface area contributed by atoms with E-state index in [0.29, 0.717) is 6.61 Å². The molecule has 1 nitrogen and oxygen atoms in total. The molecular formula is C24H28O. The summed E-state index contributed by atoms with van der Waals surface area (Å²) in [5, 5.41) is 0. The second kappa shape index (κ2) is 9.68. The summed E-state index contributed by atoms with van der Waals surface area (Å²) in [7, 11) is 0.